The van der Waals surface area contributed by atoms with E-state index in [1.54, 1.807) is 28.4 Å². The topological polar surface area (TPSA) is 149 Å². The minimum absolute atomic E-state index is 0.0155. The molecule has 0 saturated heterocycles. The molecule has 0 aromatic heterocycles. The van der Waals surface area contributed by atoms with Gasteiger partial charge >= 0.3 is 0 Å². The van der Waals surface area contributed by atoms with E-state index in [0.29, 0.717) is 152 Å². The van der Waals surface area contributed by atoms with Crippen LogP contribution in [0.25, 0.3) is 137 Å². The molecule has 2 aliphatic heterocycles. The lowest BCUT2D eigenvalue weighted by Gasteiger charge is -2.38. The average molecular weight is 1820 g/mol. The van der Waals surface area contributed by atoms with E-state index in [1.165, 1.54) is 9.80 Å². The molecule has 4 aliphatic rings. The lowest BCUT2D eigenvalue weighted by molar-refractivity contribution is -0.119. The predicted octanol–water partition coefficient (Wildman–Crippen LogP) is 30.7. The number of halogens is 2. The standard InChI is InChI=1S/C120H92Cl2N2O12/c1-61(2)80-17-13-18-81(62(3)4)115(80)123-117(125)95-57-101(133-76-37-29-72(129-9)30-38-76)109-88-23-15-21-86-84(45-47-90(105(86)88)111-103(59-97(119(123)127)107(95)113(109)111)135-78-41-33-74(131-11)34-42-78)93-53-69-51-66-26-25-65-49-68(28-27-67(66)52-70(69)54-99(93)121)92-56-94(100(122)55-71(92)50-65)85-46-48-91-106-87(85)22-16-24-89(106)110-102(134-77-39-31-73(130-10)32-40-77)58-96-108-98(60-104(112(91)114(108)110)136-79-43-35-75(132-12)36-44-79)120(128)124(118(96)126)116-82(63(5)6)19-14-20-83(116)64(7)8/h13-26,29-58,60-64,97H,27-28,59H2,1-12H3. The first kappa shape index (κ1) is 85.0. The summed E-state index contributed by atoms with van der Waals surface area (Å²) < 4.78 is 51.4. The van der Waals surface area contributed by atoms with Gasteiger partial charge in [0, 0.05) is 70.7 Å². The van der Waals surface area contributed by atoms with Gasteiger partial charge in [-0.15, -0.1) is 0 Å². The molecule has 0 spiro atoms. The number of imide groups is 2. The smallest absolute Gasteiger partial charge is 0.266 e. The van der Waals surface area contributed by atoms with Gasteiger partial charge < -0.3 is 37.9 Å². The van der Waals surface area contributed by atoms with Crippen molar-refractivity contribution in [1.82, 2.24) is 0 Å². The summed E-state index contributed by atoms with van der Waals surface area (Å²) in [7, 11) is 6.51. The molecule has 0 radical (unpaired) electrons. The van der Waals surface area contributed by atoms with Crippen LogP contribution in [0.3, 0.4) is 0 Å². The Balaban J connectivity index is 0.650. The molecule has 19 aromatic rings. The van der Waals surface area contributed by atoms with Crippen LogP contribution in [0, 0.1) is 0 Å². The molecule has 2 heterocycles. The van der Waals surface area contributed by atoms with Gasteiger partial charge in [-0.1, -0.05) is 200 Å². The summed E-state index contributed by atoms with van der Waals surface area (Å²) in [5.41, 5.74) is 14.4. The van der Waals surface area contributed by atoms with Gasteiger partial charge in [-0.25, -0.2) is 9.80 Å². The molecule has 1 unspecified atom stereocenters. The number of anilines is 2. The maximum Gasteiger partial charge on any atom is 0.266 e. The minimum atomic E-state index is -0.833. The van der Waals surface area contributed by atoms with Gasteiger partial charge in [-0.05, 0) is 314 Å². The molecule has 1 atom stereocenters. The third-order valence-corrected chi connectivity index (χ3v) is 28.9. The fraction of sp³-hybridized carbons (Fsp3) is 0.167. The van der Waals surface area contributed by atoms with Crippen LogP contribution in [0.2, 0.25) is 10.0 Å². The predicted molar refractivity (Wildman–Crippen MR) is 550 cm³/mol. The second-order valence-electron chi connectivity index (χ2n) is 37.3. The number of ether oxygens (including phenoxy) is 8. The summed E-state index contributed by atoms with van der Waals surface area (Å²) in [6.45, 7) is 16.7. The third kappa shape index (κ3) is 13.5. The van der Waals surface area contributed by atoms with Crippen LogP contribution in [0.1, 0.15) is 173 Å². The van der Waals surface area contributed by atoms with Crippen LogP contribution in [-0.4, -0.2) is 52.1 Å². The van der Waals surface area contributed by atoms with Crippen molar-refractivity contribution in [2.75, 3.05) is 38.2 Å². The van der Waals surface area contributed by atoms with E-state index < -0.39 is 23.6 Å². The minimum Gasteiger partial charge on any atom is -0.497 e. The average Bonchev–Trinajstić information content (AvgIpc) is 0.702. The first-order chi connectivity index (χ1) is 66.0. The van der Waals surface area contributed by atoms with Crippen LogP contribution in [0.15, 0.2) is 261 Å². The Morgan fingerprint density at radius 1 is 0.309 bits per heavy atom. The molecule has 0 saturated carbocycles. The van der Waals surface area contributed by atoms with Gasteiger partial charge in [-0.3, -0.25) is 19.2 Å². The monoisotopic (exact) mass is 1820 g/mol. The van der Waals surface area contributed by atoms with Crippen molar-refractivity contribution < 1.29 is 57.1 Å². The van der Waals surface area contributed by atoms with E-state index in [4.69, 9.17) is 61.1 Å². The zero-order valence-electron chi connectivity index (χ0n) is 77.0. The zero-order valence-corrected chi connectivity index (χ0v) is 78.6. The first-order valence-corrected chi connectivity index (χ1v) is 47.0. The number of hydrogen-bond acceptors (Lipinski definition) is 12. The van der Waals surface area contributed by atoms with Crippen molar-refractivity contribution in [1.29, 1.82) is 0 Å². The summed E-state index contributed by atoms with van der Waals surface area (Å²) in [5, 5.41) is 17.0. The van der Waals surface area contributed by atoms with E-state index in [-0.39, 0.29) is 36.0 Å². The summed E-state index contributed by atoms with van der Waals surface area (Å²) in [5.74, 6) is 3.95. The SMILES string of the molecule is COc1ccc(OC2=c3c4ccc(-c5cc6cc7c(cc6cc5Cl)CCc5cc(cc6cc(Cl)c(-c8ccc9c%10c(Oc%11ccc(OC)cc%11)cc%11c%12c(cc(Oc%13ccc(OC)cc%13)c(c%13cccc8c%139)c%12%10)C(=O)N(c8c(C(C)C)cccc8C(C)C)C%11=O)cc56)C=C7)c5cccc(c6c(Oc7ccc(OC)cc7)cc7c(c36)C(C2)C(=O)N(c2c(C(C)C)cccc2C(C)C)C7=O)c54)cc1. The normalized spacial score (nSPS) is 14.2. The number of amides is 4. The van der Waals surface area contributed by atoms with Gasteiger partial charge in [0.1, 0.15) is 69.0 Å². The molecule has 0 fully saturated rings. The molecule has 23 rings (SSSR count). The number of hydrogen-bond donors (Lipinski definition) is 0. The Bertz CT molecular complexity index is 8310. The van der Waals surface area contributed by atoms with Crippen molar-refractivity contribution in [3.8, 4) is 85.5 Å². The molecule has 16 heteroatoms. The van der Waals surface area contributed by atoms with E-state index in [2.05, 4.69) is 177 Å². The number of benzene rings is 19. The summed E-state index contributed by atoms with van der Waals surface area (Å²) in [4.78, 5) is 67.2. The van der Waals surface area contributed by atoms with Crippen LogP contribution in [-0.2, 0) is 17.6 Å². The van der Waals surface area contributed by atoms with E-state index in [9.17, 15) is 0 Å². The number of nitrogens with zero attached hydrogens (tertiary/aromatic N) is 2. The fourth-order valence-electron chi connectivity index (χ4n) is 21.9. The maximum atomic E-state index is 16.1. The lowest BCUT2D eigenvalue weighted by atomic mass is 9.75. The molecule has 2 bridgehead atoms. The molecule has 668 valence electrons. The Kier molecular flexibility index (Phi) is 20.5. The highest BCUT2D eigenvalue weighted by molar-refractivity contribution is 6.45. The van der Waals surface area contributed by atoms with Gasteiger partial charge in [-0.2, -0.15) is 0 Å². The lowest BCUT2D eigenvalue weighted by Crippen LogP contribution is -2.47. The van der Waals surface area contributed by atoms with Crippen LogP contribution >= 0.6 is 23.2 Å². The number of methoxy groups -OCH3 is 4. The number of carbonyl (C=O) groups is 4. The molecular formula is C120H92Cl2N2O12. The first-order valence-electron chi connectivity index (χ1n) is 46.3. The zero-order chi connectivity index (χ0) is 93.4. The molecule has 136 heavy (non-hydrogen) atoms. The van der Waals surface area contributed by atoms with Crippen LogP contribution in [0.5, 0.6) is 63.2 Å². The van der Waals surface area contributed by atoms with Crippen molar-refractivity contribution >= 4 is 173 Å². The van der Waals surface area contributed by atoms with E-state index >= 15 is 19.2 Å². The number of para-hydroxylation sites is 2. The van der Waals surface area contributed by atoms with Crippen LogP contribution < -0.4 is 52.9 Å². The molecule has 4 amide bonds. The Hall–Kier alpha value is -15.2. The number of rotatable bonds is 20. The van der Waals surface area contributed by atoms with Crippen molar-refractivity contribution in [3.05, 3.63) is 343 Å². The Morgan fingerprint density at radius 2 is 0.713 bits per heavy atom. The molecule has 2 aliphatic carbocycles. The summed E-state index contributed by atoms with van der Waals surface area (Å²) in [6.07, 6.45) is 5.98. The Morgan fingerprint density at radius 3 is 1.21 bits per heavy atom. The second kappa shape index (κ2) is 32.9. The second-order valence-corrected chi connectivity index (χ2v) is 38.1. The highest BCUT2D eigenvalue weighted by Crippen LogP contribution is 2.58. The molecular weight excluding hydrogens is 1730 g/mol. The van der Waals surface area contributed by atoms with E-state index in [0.717, 1.165) is 142 Å². The summed E-state index contributed by atoms with van der Waals surface area (Å²) >= 11 is 15.6. The van der Waals surface area contributed by atoms with Crippen molar-refractivity contribution in [3.63, 3.8) is 0 Å². The van der Waals surface area contributed by atoms with Gasteiger partial charge in [0.2, 0.25) is 5.91 Å². The van der Waals surface area contributed by atoms with Gasteiger partial charge in [0.05, 0.1) is 56.9 Å². The Labute approximate surface area is 795 Å². The van der Waals surface area contributed by atoms with Crippen molar-refractivity contribution in [2.24, 2.45) is 0 Å². The number of carbonyl (C=O) groups excluding carboxylic acids is 4. The molecule has 14 nitrogen and oxygen atoms in total. The maximum absolute atomic E-state index is 16.1. The fourth-order valence-corrected chi connectivity index (χ4v) is 22.4. The van der Waals surface area contributed by atoms with E-state index in [1.807, 2.05) is 152 Å². The highest BCUT2D eigenvalue weighted by atomic mass is 35.5. The van der Waals surface area contributed by atoms with Crippen molar-refractivity contribution in [2.45, 2.75) is 104 Å². The highest BCUT2D eigenvalue weighted by Gasteiger charge is 2.48. The summed E-state index contributed by atoms with van der Waals surface area (Å²) in [6, 6.07) is 86.3. The van der Waals surface area contributed by atoms with Crippen LogP contribution in [0.4, 0.5) is 11.4 Å². The van der Waals surface area contributed by atoms with Gasteiger partial charge in [0.15, 0.2) is 0 Å². The third-order valence-electron chi connectivity index (χ3n) is 28.2. The van der Waals surface area contributed by atoms with Gasteiger partial charge in [0.25, 0.3) is 17.7 Å². The number of fused-ring (bicyclic) bond motifs is 10. The quantitative estimate of drug-likeness (QED) is 0.0406. The molecule has 19 aromatic carbocycles. The molecule has 0 N–H and O–H groups in total. The largest absolute Gasteiger partial charge is 0.497 e. The number of aryl methyl sites for hydroxylation is 2.